The number of fused-ring (bicyclic) bond motifs is 1. The van der Waals surface area contributed by atoms with Crippen molar-refractivity contribution >= 4 is 17.7 Å². The van der Waals surface area contributed by atoms with Crippen molar-refractivity contribution in [2.45, 2.75) is 18.9 Å². The Hall–Kier alpha value is -3.22. The van der Waals surface area contributed by atoms with E-state index in [0.717, 1.165) is 11.1 Å². The molecule has 1 heterocycles. The molecule has 142 valence electrons. The first-order valence-corrected chi connectivity index (χ1v) is 8.62. The predicted molar refractivity (Wildman–Crippen MR) is 100 cm³/mol. The van der Waals surface area contributed by atoms with E-state index < -0.39 is 12.0 Å². The molecule has 0 spiro atoms. The monoisotopic (exact) mass is 370 g/mol. The zero-order valence-corrected chi connectivity index (χ0v) is 15.3. The largest absolute Gasteiger partial charge is 0.497 e. The zero-order valence-electron chi connectivity index (χ0n) is 15.3. The number of carbonyl (C=O) groups excluding carboxylic acids is 1. The molecule has 0 aliphatic carbocycles. The smallest absolute Gasteiger partial charge is 0.322 e. The topological polar surface area (TPSA) is 88.1 Å². The highest BCUT2D eigenvalue weighted by Crippen LogP contribution is 2.34. The predicted octanol–water partition coefficient (Wildman–Crippen LogP) is 3.31. The molecule has 0 fully saturated rings. The molecule has 1 aliphatic heterocycles. The maximum absolute atomic E-state index is 12.9. The Labute approximate surface area is 157 Å². The van der Waals surface area contributed by atoms with Gasteiger partial charge in [0.1, 0.15) is 11.5 Å². The van der Waals surface area contributed by atoms with Gasteiger partial charge in [-0.05, 0) is 29.7 Å². The van der Waals surface area contributed by atoms with Crippen LogP contribution in [0, 0.1) is 0 Å². The first-order chi connectivity index (χ1) is 13.0. The van der Waals surface area contributed by atoms with Gasteiger partial charge in [0.15, 0.2) is 0 Å². The van der Waals surface area contributed by atoms with E-state index in [4.69, 9.17) is 9.47 Å². The molecular formula is C20H22N2O5. The van der Waals surface area contributed by atoms with Gasteiger partial charge in [0, 0.05) is 12.6 Å². The molecule has 0 aromatic heterocycles. The number of hydrogen-bond acceptors (Lipinski definition) is 4. The molecular weight excluding hydrogens is 348 g/mol. The summed E-state index contributed by atoms with van der Waals surface area (Å²) in [5.41, 5.74) is 2.45. The SMILES string of the molecule is COc1ccc(NC(=O)N2CCc3ccccc3C2CC(=O)O)c(OC)c1. The quantitative estimate of drug-likeness (QED) is 0.843. The highest BCUT2D eigenvalue weighted by molar-refractivity contribution is 5.92. The number of aliphatic carboxylic acids is 1. The van der Waals surface area contributed by atoms with Crippen LogP contribution in [0.4, 0.5) is 10.5 Å². The number of nitrogens with one attached hydrogen (secondary N) is 1. The second kappa shape index (κ2) is 7.99. The van der Waals surface area contributed by atoms with Crippen LogP contribution in [0.2, 0.25) is 0 Å². The average molecular weight is 370 g/mol. The number of hydrogen-bond donors (Lipinski definition) is 2. The van der Waals surface area contributed by atoms with Crippen molar-refractivity contribution in [2.75, 3.05) is 26.1 Å². The van der Waals surface area contributed by atoms with Crippen LogP contribution < -0.4 is 14.8 Å². The molecule has 2 aromatic carbocycles. The number of carboxylic acids is 1. The second-order valence-electron chi connectivity index (χ2n) is 6.25. The molecule has 1 unspecified atom stereocenters. The molecule has 0 saturated heterocycles. The van der Waals surface area contributed by atoms with Gasteiger partial charge in [-0.2, -0.15) is 0 Å². The van der Waals surface area contributed by atoms with Crippen molar-refractivity contribution in [2.24, 2.45) is 0 Å². The number of rotatable bonds is 5. The van der Waals surface area contributed by atoms with Crippen LogP contribution in [0.15, 0.2) is 42.5 Å². The first kappa shape index (κ1) is 18.6. The summed E-state index contributed by atoms with van der Waals surface area (Å²) in [5.74, 6) is 0.131. The fraction of sp³-hybridized carbons (Fsp3) is 0.300. The molecule has 0 saturated carbocycles. The number of ether oxygens (including phenoxy) is 2. The number of carboxylic acid groups (broad SMARTS) is 1. The van der Waals surface area contributed by atoms with Crippen molar-refractivity contribution in [3.05, 3.63) is 53.6 Å². The molecule has 1 atom stereocenters. The minimum absolute atomic E-state index is 0.149. The molecule has 7 nitrogen and oxygen atoms in total. The number of benzene rings is 2. The van der Waals surface area contributed by atoms with Gasteiger partial charge in [-0.3, -0.25) is 4.79 Å². The minimum atomic E-state index is -0.948. The number of urea groups is 1. The molecule has 7 heteroatoms. The average Bonchev–Trinajstić information content (AvgIpc) is 2.68. The lowest BCUT2D eigenvalue weighted by atomic mass is 9.91. The standard InChI is InChI=1S/C20H22N2O5/c1-26-14-7-8-16(18(11-14)27-2)21-20(25)22-10-9-13-5-3-4-6-15(13)17(22)12-19(23)24/h3-8,11,17H,9-10,12H2,1-2H3,(H,21,25)(H,23,24). The van der Waals surface area contributed by atoms with Crippen LogP contribution in [-0.4, -0.2) is 42.8 Å². The Kier molecular flexibility index (Phi) is 5.49. The summed E-state index contributed by atoms with van der Waals surface area (Å²) in [6.07, 6.45) is 0.531. The summed E-state index contributed by atoms with van der Waals surface area (Å²) in [5, 5.41) is 12.2. The van der Waals surface area contributed by atoms with Crippen LogP contribution in [0.1, 0.15) is 23.6 Å². The third-order valence-corrected chi connectivity index (χ3v) is 4.69. The molecule has 1 aliphatic rings. The van der Waals surface area contributed by atoms with Crippen LogP contribution in [0.3, 0.4) is 0 Å². The van der Waals surface area contributed by atoms with Gasteiger partial charge in [0.05, 0.1) is 32.4 Å². The third kappa shape index (κ3) is 3.97. The zero-order chi connectivity index (χ0) is 19.4. The van der Waals surface area contributed by atoms with Crippen molar-refractivity contribution < 1.29 is 24.2 Å². The molecule has 0 bridgehead atoms. The Morgan fingerprint density at radius 2 is 1.96 bits per heavy atom. The first-order valence-electron chi connectivity index (χ1n) is 8.62. The van der Waals surface area contributed by atoms with E-state index in [9.17, 15) is 14.7 Å². The van der Waals surface area contributed by atoms with Crippen LogP contribution in [0.5, 0.6) is 11.5 Å². The molecule has 27 heavy (non-hydrogen) atoms. The van der Waals surface area contributed by atoms with Gasteiger partial charge in [0.2, 0.25) is 0 Å². The summed E-state index contributed by atoms with van der Waals surface area (Å²) in [4.78, 5) is 25.9. The number of carbonyl (C=O) groups is 2. The van der Waals surface area contributed by atoms with E-state index in [1.54, 1.807) is 30.2 Å². The summed E-state index contributed by atoms with van der Waals surface area (Å²) in [7, 11) is 3.06. The molecule has 2 amide bonds. The normalized spacial score (nSPS) is 15.6. The third-order valence-electron chi connectivity index (χ3n) is 4.69. The number of nitrogens with zero attached hydrogens (tertiary/aromatic N) is 1. The van der Waals surface area contributed by atoms with Gasteiger partial charge >= 0.3 is 12.0 Å². The number of anilines is 1. The van der Waals surface area contributed by atoms with Crippen LogP contribution >= 0.6 is 0 Å². The minimum Gasteiger partial charge on any atom is -0.497 e. The Bertz CT molecular complexity index is 852. The van der Waals surface area contributed by atoms with Crippen molar-refractivity contribution in [1.29, 1.82) is 0 Å². The number of amides is 2. The summed E-state index contributed by atoms with van der Waals surface area (Å²) in [6, 6.07) is 11.9. The summed E-state index contributed by atoms with van der Waals surface area (Å²) < 4.78 is 10.5. The van der Waals surface area contributed by atoms with E-state index in [2.05, 4.69) is 5.32 Å². The maximum Gasteiger partial charge on any atom is 0.322 e. The summed E-state index contributed by atoms with van der Waals surface area (Å²) in [6.45, 7) is 0.444. The Morgan fingerprint density at radius 3 is 2.67 bits per heavy atom. The molecule has 3 rings (SSSR count). The van der Waals surface area contributed by atoms with E-state index in [0.29, 0.717) is 30.2 Å². The Morgan fingerprint density at radius 1 is 1.19 bits per heavy atom. The molecule has 2 N–H and O–H groups in total. The van der Waals surface area contributed by atoms with E-state index >= 15 is 0 Å². The fourth-order valence-corrected chi connectivity index (χ4v) is 3.37. The summed E-state index contributed by atoms with van der Waals surface area (Å²) >= 11 is 0. The maximum atomic E-state index is 12.9. The number of methoxy groups -OCH3 is 2. The lowest BCUT2D eigenvalue weighted by Gasteiger charge is -2.36. The highest BCUT2D eigenvalue weighted by Gasteiger charge is 2.32. The van der Waals surface area contributed by atoms with Crippen molar-refractivity contribution in [3.63, 3.8) is 0 Å². The van der Waals surface area contributed by atoms with Gasteiger partial charge in [-0.25, -0.2) is 4.79 Å². The van der Waals surface area contributed by atoms with Crippen molar-refractivity contribution in [3.8, 4) is 11.5 Å². The van der Waals surface area contributed by atoms with E-state index in [-0.39, 0.29) is 12.5 Å². The van der Waals surface area contributed by atoms with Gasteiger partial charge in [0.25, 0.3) is 0 Å². The molecule has 2 aromatic rings. The van der Waals surface area contributed by atoms with Crippen molar-refractivity contribution in [1.82, 2.24) is 4.90 Å². The fourth-order valence-electron chi connectivity index (χ4n) is 3.37. The van der Waals surface area contributed by atoms with E-state index in [1.807, 2.05) is 24.3 Å². The van der Waals surface area contributed by atoms with Crippen LogP contribution in [0.25, 0.3) is 0 Å². The Balaban J connectivity index is 1.86. The van der Waals surface area contributed by atoms with Gasteiger partial charge < -0.3 is 24.8 Å². The van der Waals surface area contributed by atoms with Gasteiger partial charge in [-0.1, -0.05) is 24.3 Å². The lowest BCUT2D eigenvalue weighted by Crippen LogP contribution is -2.43. The van der Waals surface area contributed by atoms with E-state index in [1.165, 1.54) is 7.11 Å². The second-order valence-corrected chi connectivity index (χ2v) is 6.25. The van der Waals surface area contributed by atoms with Gasteiger partial charge in [-0.15, -0.1) is 0 Å². The molecule has 0 radical (unpaired) electrons. The highest BCUT2D eigenvalue weighted by atomic mass is 16.5. The lowest BCUT2D eigenvalue weighted by molar-refractivity contribution is -0.138. The van der Waals surface area contributed by atoms with Crippen LogP contribution in [-0.2, 0) is 11.2 Å².